The number of benzene rings is 2. The fourth-order valence-corrected chi connectivity index (χ4v) is 4.46. The first-order valence-corrected chi connectivity index (χ1v) is 9.80. The smallest absolute Gasteiger partial charge is 0.268 e. The molecule has 0 aliphatic heterocycles. The number of nitrogens with zero attached hydrogens (tertiary/aromatic N) is 2. The van der Waals surface area contributed by atoms with Crippen LogP contribution in [0.1, 0.15) is 9.67 Å². The number of hydrogen-bond donors (Lipinski definition) is 1. The van der Waals surface area contributed by atoms with Crippen molar-refractivity contribution in [1.29, 1.82) is 0 Å². The molecule has 1 amide bonds. The Bertz CT molecular complexity index is 1400. The zero-order valence-corrected chi connectivity index (χ0v) is 16.2. The molecule has 0 aliphatic carbocycles. The van der Waals surface area contributed by atoms with Crippen molar-refractivity contribution in [1.82, 2.24) is 10.1 Å². The van der Waals surface area contributed by atoms with E-state index in [1.165, 1.54) is 23.5 Å². The molecule has 5 nitrogen and oxygen atoms in total. The van der Waals surface area contributed by atoms with Crippen LogP contribution in [0.4, 0.5) is 10.3 Å². The van der Waals surface area contributed by atoms with Gasteiger partial charge in [-0.2, -0.15) is 0 Å². The molecule has 0 unspecified atom stereocenters. The molecule has 0 aliphatic rings. The maximum Gasteiger partial charge on any atom is 0.268 e. The molecule has 3 heterocycles. The summed E-state index contributed by atoms with van der Waals surface area (Å²) in [6, 6.07) is 16.9. The van der Waals surface area contributed by atoms with Crippen LogP contribution < -0.4 is 5.32 Å². The Morgan fingerprint density at radius 3 is 2.79 bits per heavy atom. The van der Waals surface area contributed by atoms with Gasteiger partial charge in [0.25, 0.3) is 5.91 Å². The third kappa shape index (κ3) is 3.24. The Morgan fingerprint density at radius 1 is 1.07 bits per heavy atom. The lowest BCUT2D eigenvalue weighted by molar-refractivity contribution is 0.102. The molecular weight excluding hydrogens is 413 g/mol. The summed E-state index contributed by atoms with van der Waals surface area (Å²) in [6.07, 6.45) is 0. The minimum absolute atomic E-state index is 0.167. The van der Waals surface area contributed by atoms with E-state index in [-0.39, 0.29) is 17.6 Å². The zero-order chi connectivity index (χ0) is 20.0. The number of thiophene rings is 1. The molecule has 5 aromatic rings. The zero-order valence-electron chi connectivity index (χ0n) is 14.6. The fourth-order valence-electron chi connectivity index (χ4n) is 3.08. The average Bonchev–Trinajstić information content (AvgIpc) is 3.36. The molecule has 0 radical (unpaired) electrons. The van der Waals surface area contributed by atoms with Gasteiger partial charge in [-0.15, -0.1) is 11.3 Å². The number of anilines is 1. The molecule has 5 rings (SSSR count). The summed E-state index contributed by atoms with van der Waals surface area (Å²) in [5.74, 6) is -0.562. The molecule has 0 saturated heterocycles. The van der Waals surface area contributed by atoms with Gasteiger partial charge in [0, 0.05) is 27.1 Å². The van der Waals surface area contributed by atoms with Crippen molar-refractivity contribution >= 4 is 55.7 Å². The molecule has 1 N–H and O–H groups in total. The van der Waals surface area contributed by atoms with Gasteiger partial charge in [-0.3, -0.25) is 10.1 Å². The maximum absolute atomic E-state index is 13.4. The Hall–Kier alpha value is -3.29. The Labute approximate surface area is 172 Å². The first-order chi connectivity index (χ1) is 14.1. The molecule has 29 heavy (non-hydrogen) atoms. The van der Waals surface area contributed by atoms with Gasteiger partial charge in [0.05, 0.1) is 10.4 Å². The summed E-state index contributed by atoms with van der Waals surface area (Å²) in [7, 11) is 0. The highest BCUT2D eigenvalue weighted by atomic mass is 35.5. The van der Waals surface area contributed by atoms with E-state index in [0.717, 1.165) is 21.0 Å². The summed E-state index contributed by atoms with van der Waals surface area (Å²) in [5, 5.41) is 8.57. The monoisotopic (exact) mass is 423 g/mol. The van der Waals surface area contributed by atoms with Gasteiger partial charge in [-0.05, 0) is 24.3 Å². The molecule has 8 heteroatoms. The molecule has 0 spiro atoms. The highest BCUT2D eigenvalue weighted by molar-refractivity contribution is 7.22. The van der Waals surface area contributed by atoms with Crippen molar-refractivity contribution in [3.8, 4) is 11.3 Å². The predicted molar refractivity (Wildman–Crippen MR) is 112 cm³/mol. The average molecular weight is 424 g/mol. The lowest BCUT2D eigenvalue weighted by atomic mass is 10.1. The standard InChI is InChI=1S/C21H11ClFN3O2S/c22-20-14-9-17(29-19(14)13-6-1-2-7-15(13)24-20)21(27)25-18-10-16(26-28-18)11-4-3-5-12(23)8-11/h1-10H,(H,25,27). The number of para-hydroxylation sites is 1. The minimum Gasteiger partial charge on any atom is -0.338 e. The largest absolute Gasteiger partial charge is 0.338 e. The second kappa shape index (κ2) is 6.95. The van der Waals surface area contributed by atoms with Crippen molar-refractivity contribution < 1.29 is 13.7 Å². The Balaban J connectivity index is 1.46. The van der Waals surface area contributed by atoms with Gasteiger partial charge in [-0.25, -0.2) is 9.37 Å². The van der Waals surface area contributed by atoms with Gasteiger partial charge >= 0.3 is 0 Å². The number of fused-ring (bicyclic) bond motifs is 3. The Kier molecular flexibility index (Phi) is 4.26. The first kappa shape index (κ1) is 17.8. The SMILES string of the molecule is O=C(Nc1cc(-c2cccc(F)c2)no1)c1cc2c(Cl)nc3ccccc3c2s1. The van der Waals surface area contributed by atoms with Crippen LogP contribution in [0.2, 0.25) is 5.15 Å². The number of rotatable bonds is 3. The van der Waals surface area contributed by atoms with Crippen LogP contribution in [-0.2, 0) is 0 Å². The van der Waals surface area contributed by atoms with Gasteiger partial charge < -0.3 is 4.52 Å². The lowest BCUT2D eigenvalue weighted by Gasteiger charge is -1.99. The fraction of sp³-hybridized carbons (Fsp3) is 0. The first-order valence-electron chi connectivity index (χ1n) is 8.60. The van der Waals surface area contributed by atoms with Crippen LogP contribution in [0.3, 0.4) is 0 Å². The molecule has 0 atom stereocenters. The number of amides is 1. The van der Waals surface area contributed by atoms with E-state index in [4.69, 9.17) is 16.1 Å². The van der Waals surface area contributed by atoms with E-state index >= 15 is 0 Å². The summed E-state index contributed by atoms with van der Waals surface area (Å²) in [4.78, 5) is 17.6. The second-order valence-electron chi connectivity index (χ2n) is 6.31. The van der Waals surface area contributed by atoms with Gasteiger partial charge in [-0.1, -0.05) is 47.1 Å². The van der Waals surface area contributed by atoms with Gasteiger partial charge in [0.2, 0.25) is 5.88 Å². The Morgan fingerprint density at radius 2 is 1.93 bits per heavy atom. The maximum atomic E-state index is 13.4. The van der Waals surface area contributed by atoms with Gasteiger partial charge in [0.15, 0.2) is 0 Å². The molecular formula is C21H11ClFN3O2S. The molecule has 142 valence electrons. The van der Waals surface area contributed by atoms with Crippen LogP contribution in [0.5, 0.6) is 0 Å². The van der Waals surface area contributed by atoms with E-state index in [1.54, 1.807) is 24.3 Å². The number of hydrogen-bond acceptors (Lipinski definition) is 5. The molecule has 0 saturated carbocycles. The number of aromatic nitrogens is 2. The normalized spacial score (nSPS) is 11.2. The lowest BCUT2D eigenvalue weighted by Crippen LogP contribution is -2.09. The summed E-state index contributed by atoms with van der Waals surface area (Å²) < 4.78 is 19.5. The van der Waals surface area contributed by atoms with E-state index < -0.39 is 0 Å². The van der Waals surface area contributed by atoms with Gasteiger partial charge in [0.1, 0.15) is 16.7 Å². The number of carbonyl (C=O) groups excluding carboxylic acids is 1. The van der Waals surface area contributed by atoms with Crippen LogP contribution in [0, 0.1) is 5.82 Å². The van der Waals surface area contributed by atoms with Crippen molar-refractivity contribution in [2.75, 3.05) is 5.32 Å². The third-order valence-electron chi connectivity index (χ3n) is 4.41. The van der Waals surface area contributed by atoms with Crippen LogP contribution in [0.25, 0.3) is 32.2 Å². The highest BCUT2D eigenvalue weighted by Gasteiger charge is 2.17. The molecule has 0 bridgehead atoms. The van der Waals surface area contributed by atoms with Crippen molar-refractivity contribution in [2.24, 2.45) is 0 Å². The summed E-state index contributed by atoms with van der Waals surface area (Å²) in [6.45, 7) is 0. The predicted octanol–water partition coefficient (Wildman–Crippen LogP) is 6.15. The molecule has 0 fully saturated rings. The van der Waals surface area contributed by atoms with Crippen molar-refractivity contribution in [3.63, 3.8) is 0 Å². The van der Waals surface area contributed by atoms with E-state index in [9.17, 15) is 9.18 Å². The van der Waals surface area contributed by atoms with E-state index in [0.29, 0.717) is 21.3 Å². The number of pyridine rings is 1. The summed E-state index contributed by atoms with van der Waals surface area (Å²) >= 11 is 7.63. The van der Waals surface area contributed by atoms with E-state index in [2.05, 4.69) is 15.5 Å². The molecule has 3 aromatic heterocycles. The van der Waals surface area contributed by atoms with Crippen LogP contribution >= 0.6 is 22.9 Å². The quantitative estimate of drug-likeness (QED) is 0.353. The molecule has 2 aromatic carbocycles. The summed E-state index contributed by atoms with van der Waals surface area (Å²) in [5.41, 5.74) is 1.75. The topological polar surface area (TPSA) is 68.0 Å². The second-order valence-corrected chi connectivity index (χ2v) is 7.72. The van der Waals surface area contributed by atoms with Crippen LogP contribution in [0.15, 0.2) is 65.2 Å². The number of carbonyl (C=O) groups is 1. The number of nitrogens with one attached hydrogen (secondary N) is 1. The van der Waals surface area contributed by atoms with E-state index in [1.807, 2.05) is 24.3 Å². The number of halogens is 2. The van der Waals surface area contributed by atoms with Crippen molar-refractivity contribution in [3.05, 3.63) is 76.5 Å². The minimum atomic E-state index is -0.376. The van der Waals surface area contributed by atoms with Crippen LogP contribution in [-0.4, -0.2) is 16.0 Å². The highest BCUT2D eigenvalue weighted by Crippen LogP contribution is 2.36. The third-order valence-corrected chi connectivity index (χ3v) is 5.87. The van der Waals surface area contributed by atoms with Crippen molar-refractivity contribution in [2.45, 2.75) is 0 Å².